The molecule has 2 N–H and O–H groups in total. The molecule has 2 fully saturated rings. The van der Waals surface area contributed by atoms with E-state index in [4.69, 9.17) is 10.00 Å². The van der Waals surface area contributed by atoms with Gasteiger partial charge in [-0.05, 0) is 67.5 Å². The van der Waals surface area contributed by atoms with E-state index in [1.54, 1.807) is 0 Å². The van der Waals surface area contributed by atoms with E-state index < -0.39 is 0 Å². The topological polar surface area (TPSA) is 107 Å². The second kappa shape index (κ2) is 9.65. The molecule has 34 heavy (non-hydrogen) atoms. The molecule has 0 unspecified atom stereocenters. The molecule has 0 bridgehead atoms. The third-order valence-corrected chi connectivity index (χ3v) is 6.79. The van der Waals surface area contributed by atoms with Crippen molar-refractivity contribution in [2.24, 2.45) is 0 Å². The molecule has 0 saturated carbocycles. The fourth-order valence-electron chi connectivity index (χ4n) is 4.73. The molecule has 2 aromatic carbocycles. The number of H-pyrrole nitrogens is 1. The smallest absolute Gasteiger partial charge is 0.253 e. The number of rotatable bonds is 5. The Hall–Kier alpha value is -3.70. The summed E-state index contributed by atoms with van der Waals surface area (Å²) in [4.78, 5) is 18.4. The number of amides is 1. The molecule has 0 radical (unpaired) electrons. The minimum absolute atomic E-state index is 0.0421. The highest BCUT2D eigenvalue weighted by molar-refractivity contribution is 5.95. The molecule has 2 aliphatic heterocycles. The average molecular weight is 457 g/mol. The van der Waals surface area contributed by atoms with Gasteiger partial charge in [0.15, 0.2) is 5.82 Å². The van der Waals surface area contributed by atoms with E-state index in [1.165, 1.54) is 5.56 Å². The third-order valence-electron chi connectivity index (χ3n) is 6.79. The molecule has 1 amide bonds. The summed E-state index contributed by atoms with van der Waals surface area (Å²) in [5.41, 5.74) is 4.48. The van der Waals surface area contributed by atoms with Crippen molar-refractivity contribution in [3.63, 3.8) is 0 Å². The molecule has 3 aromatic rings. The quantitative estimate of drug-likeness (QED) is 0.604. The van der Waals surface area contributed by atoms with E-state index in [-0.39, 0.29) is 11.9 Å². The van der Waals surface area contributed by atoms with Crippen molar-refractivity contribution in [2.75, 3.05) is 31.6 Å². The summed E-state index contributed by atoms with van der Waals surface area (Å²) in [5, 5.41) is 20.8. The summed E-state index contributed by atoms with van der Waals surface area (Å²) < 4.78 is 5.40. The number of piperidine rings is 1. The number of nitrogens with zero attached hydrogens (tertiary/aromatic N) is 4. The minimum atomic E-state index is 0.0421. The van der Waals surface area contributed by atoms with Crippen molar-refractivity contribution >= 4 is 11.9 Å². The Kier molecular flexibility index (Phi) is 6.28. The molecular formula is C26H28N6O2. The zero-order valence-corrected chi connectivity index (χ0v) is 19.3. The van der Waals surface area contributed by atoms with Crippen LogP contribution < -0.4 is 5.32 Å². The Morgan fingerprint density at radius 3 is 2.65 bits per heavy atom. The number of hydrogen-bond donors (Lipinski definition) is 2. The summed E-state index contributed by atoms with van der Waals surface area (Å²) >= 11 is 0. The number of nitriles is 1. The van der Waals surface area contributed by atoms with Crippen molar-refractivity contribution in [2.45, 2.75) is 38.1 Å². The number of benzene rings is 2. The molecule has 0 spiro atoms. The predicted octanol–water partition coefficient (Wildman–Crippen LogP) is 3.87. The lowest BCUT2D eigenvalue weighted by molar-refractivity contribution is 0.0713. The maximum atomic E-state index is 13.3. The van der Waals surface area contributed by atoms with Gasteiger partial charge in [0.1, 0.15) is 0 Å². The number of hydrogen-bond acceptors (Lipinski definition) is 6. The van der Waals surface area contributed by atoms with Crippen LogP contribution >= 0.6 is 0 Å². The number of carbonyl (C=O) groups is 1. The number of aryl methyl sites for hydroxylation is 1. The van der Waals surface area contributed by atoms with Gasteiger partial charge in [0.2, 0.25) is 5.95 Å². The minimum Gasteiger partial charge on any atom is -0.379 e. The first-order valence-corrected chi connectivity index (χ1v) is 11.8. The lowest BCUT2D eigenvalue weighted by atomic mass is 9.89. The fraction of sp³-hybridized carbons (Fsp3) is 0.385. The predicted molar refractivity (Wildman–Crippen MR) is 128 cm³/mol. The van der Waals surface area contributed by atoms with Gasteiger partial charge in [-0.3, -0.25) is 4.79 Å². The first kappa shape index (κ1) is 22.1. The molecule has 1 aromatic heterocycles. The van der Waals surface area contributed by atoms with Gasteiger partial charge in [0.05, 0.1) is 24.3 Å². The number of nitrogens with one attached hydrogen (secondary N) is 2. The van der Waals surface area contributed by atoms with Gasteiger partial charge in [0.25, 0.3) is 5.91 Å². The fourth-order valence-corrected chi connectivity index (χ4v) is 4.73. The maximum Gasteiger partial charge on any atom is 0.253 e. The van der Waals surface area contributed by atoms with Crippen LogP contribution in [0.1, 0.15) is 52.2 Å². The zero-order valence-electron chi connectivity index (χ0n) is 19.3. The molecule has 5 rings (SSSR count). The normalized spacial score (nSPS) is 18.6. The van der Waals surface area contributed by atoms with E-state index in [1.807, 2.05) is 54.3 Å². The molecule has 8 nitrogen and oxygen atoms in total. The summed E-state index contributed by atoms with van der Waals surface area (Å²) in [7, 11) is 0. The number of carbonyl (C=O) groups excluding carboxylic acids is 1. The molecule has 3 heterocycles. The SMILES string of the molecule is Cc1ccc(C(=O)N2CCC(c3ccc(C#N)cc3)CC2)cc1-c1nnc(N[C@@H]2CCOC2)[nH]1. The van der Waals surface area contributed by atoms with Crippen LogP contribution in [0.2, 0.25) is 0 Å². The van der Waals surface area contributed by atoms with Crippen molar-refractivity contribution in [1.29, 1.82) is 5.26 Å². The van der Waals surface area contributed by atoms with Gasteiger partial charge >= 0.3 is 0 Å². The number of anilines is 1. The second-order valence-corrected chi connectivity index (χ2v) is 9.06. The summed E-state index contributed by atoms with van der Waals surface area (Å²) in [6.45, 7) is 4.86. The van der Waals surface area contributed by atoms with E-state index >= 15 is 0 Å². The molecule has 8 heteroatoms. The second-order valence-electron chi connectivity index (χ2n) is 9.06. The van der Waals surface area contributed by atoms with Gasteiger partial charge in [0, 0.05) is 30.8 Å². The Morgan fingerprint density at radius 2 is 1.94 bits per heavy atom. The van der Waals surface area contributed by atoms with Crippen molar-refractivity contribution in [3.05, 3.63) is 64.7 Å². The Morgan fingerprint density at radius 1 is 1.15 bits per heavy atom. The standard InChI is InChI=1S/C26H28N6O2/c1-17-2-5-21(14-23(17)24-29-26(31-30-24)28-22-10-13-34-16-22)25(33)32-11-8-20(9-12-32)19-6-3-18(15-27)4-7-19/h2-7,14,20,22H,8-13,16H2,1H3,(H2,28,29,30,31)/t22-/m1/s1. The zero-order chi connectivity index (χ0) is 23.5. The van der Waals surface area contributed by atoms with E-state index in [9.17, 15) is 4.79 Å². The van der Waals surface area contributed by atoms with E-state index in [0.717, 1.165) is 37.0 Å². The summed E-state index contributed by atoms with van der Waals surface area (Å²) in [5.74, 6) is 1.72. The Bertz CT molecular complexity index is 1200. The maximum absolute atomic E-state index is 13.3. The lowest BCUT2D eigenvalue weighted by Crippen LogP contribution is -2.37. The van der Waals surface area contributed by atoms with Crippen molar-refractivity contribution < 1.29 is 9.53 Å². The highest BCUT2D eigenvalue weighted by Gasteiger charge is 2.25. The first-order chi connectivity index (χ1) is 16.6. The van der Waals surface area contributed by atoms with Crippen LogP contribution in [0.3, 0.4) is 0 Å². The third kappa shape index (κ3) is 4.66. The molecule has 0 aliphatic carbocycles. The molecule has 2 saturated heterocycles. The van der Waals surface area contributed by atoms with Crippen LogP contribution in [0.5, 0.6) is 0 Å². The molecule has 174 valence electrons. The largest absolute Gasteiger partial charge is 0.379 e. The van der Waals surface area contributed by atoms with E-state index in [0.29, 0.717) is 48.5 Å². The summed E-state index contributed by atoms with van der Waals surface area (Å²) in [6, 6.07) is 16.0. The monoisotopic (exact) mass is 456 g/mol. The van der Waals surface area contributed by atoms with Crippen LogP contribution in [0.15, 0.2) is 42.5 Å². The van der Waals surface area contributed by atoms with Crippen LogP contribution in [0.25, 0.3) is 11.4 Å². The van der Waals surface area contributed by atoms with Crippen molar-refractivity contribution in [1.82, 2.24) is 20.1 Å². The van der Waals surface area contributed by atoms with Crippen molar-refractivity contribution in [3.8, 4) is 17.5 Å². The van der Waals surface area contributed by atoms with E-state index in [2.05, 4.69) is 26.6 Å². The van der Waals surface area contributed by atoms with Gasteiger partial charge < -0.3 is 19.9 Å². The number of aromatic amines is 1. The van der Waals surface area contributed by atoms with Gasteiger partial charge in [-0.1, -0.05) is 18.2 Å². The van der Waals surface area contributed by atoms with Gasteiger partial charge in [-0.2, -0.15) is 5.26 Å². The molecular weight excluding hydrogens is 428 g/mol. The number of aromatic nitrogens is 3. The first-order valence-electron chi connectivity index (χ1n) is 11.8. The number of ether oxygens (including phenoxy) is 1. The number of likely N-dealkylation sites (tertiary alicyclic amines) is 1. The van der Waals surface area contributed by atoms with Gasteiger partial charge in [-0.25, -0.2) is 0 Å². The highest BCUT2D eigenvalue weighted by atomic mass is 16.5. The molecule has 1 atom stereocenters. The Labute approximate surface area is 199 Å². The van der Waals surface area contributed by atoms with Crippen LogP contribution in [0.4, 0.5) is 5.95 Å². The lowest BCUT2D eigenvalue weighted by Gasteiger charge is -2.32. The molecule has 2 aliphatic rings. The summed E-state index contributed by atoms with van der Waals surface area (Å²) in [6.07, 6.45) is 2.78. The highest BCUT2D eigenvalue weighted by Crippen LogP contribution is 2.30. The van der Waals surface area contributed by atoms with Crippen LogP contribution in [-0.2, 0) is 4.74 Å². The Balaban J connectivity index is 1.25. The average Bonchev–Trinajstić information content (AvgIpc) is 3.57. The van der Waals surface area contributed by atoms with Crippen LogP contribution in [0, 0.1) is 18.3 Å². The van der Waals surface area contributed by atoms with Gasteiger partial charge in [-0.15, -0.1) is 10.2 Å². The van der Waals surface area contributed by atoms with Crippen LogP contribution in [-0.4, -0.2) is 58.3 Å².